The summed E-state index contributed by atoms with van der Waals surface area (Å²) >= 11 is 4.74. The van der Waals surface area contributed by atoms with E-state index in [0.29, 0.717) is 28.8 Å². The van der Waals surface area contributed by atoms with Gasteiger partial charge in [0.15, 0.2) is 11.0 Å². The van der Waals surface area contributed by atoms with E-state index in [1.54, 1.807) is 37.5 Å². The van der Waals surface area contributed by atoms with Crippen LogP contribution in [0, 0.1) is 13.8 Å². The first-order valence-electron chi connectivity index (χ1n) is 10.5. The monoisotopic (exact) mass is 543 g/mol. The van der Waals surface area contributed by atoms with Gasteiger partial charge in [0.05, 0.1) is 19.4 Å². The van der Waals surface area contributed by atoms with Crippen molar-refractivity contribution in [2.45, 2.75) is 32.1 Å². The predicted octanol–water partition coefficient (Wildman–Crippen LogP) is 4.51. The summed E-state index contributed by atoms with van der Waals surface area (Å²) in [6, 6.07) is 10.8. The minimum absolute atomic E-state index is 0.138. The van der Waals surface area contributed by atoms with Crippen LogP contribution in [-0.4, -0.2) is 39.4 Å². The Hall–Kier alpha value is -3.11. The van der Waals surface area contributed by atoms with E-state index in [9.17, 15) is 9.59 Å². The Balaban J connectivity index is 1.62. The summed E-state index contributed by atoms with van der Waals surface area (Å²) in [5, 5.41) is 14.8. The van der Waals surface area contributed by atoms with Crippen LogP contribution in [0.4, 0.5) is 5.69 Å². The number of nitrogens with zero attached hydrogens (tertiary/aromatic N) is 3. The Labute approximate surface area is 211 Å². The highest BCUT2D eigenvalue weighted by atomic mass is 79.9. The fourth-order valence-electron chi connectivity index (χ4n) is 3.29. The number of anilines is 1. The summed E-state index contributed by atoms with van der Waals surface area (Å²) in [4.78, 5) is 25.0. The molecule has 0 aliphatic heterocycles. The number of halogens is 1. The highest BCUT2D eigenvalue weighted by molar-refractivity contribution is 9.10. The van der Waals surface area contributed by atoms with E-state index in [-0.39, 0.29) is 24.1 Å². The zero-order valence-electron chi connectivity index (χ0n) is 19.2. The third kappa shape index (κ3) is 6.48. The van der Waals surface area contributed by atoms with Crippen molar-refractivity contribution in [1.82, 2.24) is 20.1 Å². The van der Waals surface area contributed by atoms with Crippen molar-refractivity contribution in [2.75, 3.05) is 18.2 Å². The molecule has 2 amide bonds. The van der Waals surface area contributed by atoms with Crippen molar-refractivity contribution in [1.29, 1.82) is 0 Å². The fraction of sp³-hybridized carbons (Fsp3) is 0.250. The van der Waals surface area contributed by atoms with Crippen LogP contribution in [0.2, 0.25) is 0 Å². The molecular weight excluding hydrogens is 518 g/mol. The van der Waals surface area contributed by atoms with Gasteiger partial charge in [0.1, 0.15) is 5.75 Å². The van der Waals surface area contributed by atoms with Gasteiger partial charge in [-0.3, -0.25) is 9.59 Å². The van der Waals surface area contributed by atoms with Crippen molar-refractivity contribution in [2.24, 2.45) is 0 Å². The molecule has 0 saturated carbocycles. The highest BCUT2D eigenvalue weighted by Crippen LogP contribution is 2.26. The second-order valence-corrected chi connectivity index (χ2v) is 9.32. The van der Waals surface area contributed by atoms with E-state index in [1.165, 1.54) is 11.8 Å². The van der Waals surface area contributed by atoms with Gasteiger partial charge >= 0.3 is 0 Å². The van der Waals surface area contributed by atoms with E-state index < -0.39 is 0 Å². The first-order chi connectivity index (χ1) is 16.3. The van der Waals surface area contributed by atoms with E-state index in [2.05, 4.69) is 43.3 Å². The van der Waals surface area contributed by atoms with Gasteiger partial charge in [-0.1, -0.05) is 33.8 Å². The topological polar surface area (TPSA) is 98.1 Å². The van der Waals surface area contributed by atoms with E-state index in [4.69, 9.17) is 4.74 Å². The third-order valence-electron chi connectivity index (χ3n) is 4.96. The lowest BCUT2D eigenvalue weighted by atomic mass is 10.1. The Kier molecular flexibility index (Phi) is 8.89. The summed E-state index contributed by atoms with van der Waals surface area (Å²) in [7, 11) is 1.57. The summed E-state index contributed by atoms with van der Waals surface area (Å²) in [5.74, 6) is 1.05. The number of methoxy groups -OCH3 is 1. The lowest BCUT2D eigenvalue weighted by Crippen LogP contribution is -2.24. The van der Waals surface area contributed by atoms with Gasteiger partial charge < -0.3 is 19.9 Å². The lowest BCUT2D eigenvalue weighted by molar-refractivity contribution is -0.113. The van der Waals surface area contributed by atoms with Crippen LogP contribution in [0.15, 0.2) is 58.7 Å². The zero-order valence-corrected chi connectivity index (χ0v) is 21.6. The van der Waals surface area contributed by atoms with Crippen molar-refractivity contribution in [3.05, 3.63) is 76.0 Å². The molecule has 0 bridgehead atoms. The van der Waals surface area contributed by atoms with Crippen molar-refractivity contribution in [3.8, 4) is 5.75 Å². The summed E-state index contributed by atoms with van der Waals surface area (Å²) < 4.78 is 7.92. The average Bonchev–Trinajstić information content (AvgIpc) is 3.20. The van der Waals surface area contributed by atoms with Gasteiger partial charge in [0.25, 0.3) is 5.91 Å². The first-order valence-corrected chi connectivity index (χ1v) is 12.2. The molecule has 0 fully saturated rings. The molecule has 1 aromatic heterocycles. The number of thioether (sulfide) groups is 1. The number of rotatable bonds is 10. The molecule has 0 unspecified atom stereocenters. The molecule has 2 aromatic carbocycles. The lowest BCUT2D eigenvalue weighted by Gasteiger charge is -2.12. The van der Waals surface area contributed by atoms with Crippen molar-refractivity contribution < 1.29 is 14.3 Å². The van der Waals surface area contributed by atoms with Crippen LogP contribution in [-0.2, 0) is 17.9 Å². The maximum absolute atomic E-state index is 12.6. The molecule has 0 aliphatic rings. The average molecular weight is 544 g/mol. The molecule has 0 atom stereocenters. The Morgan fingerprint density at radius 1 is 1.18 bits per heavy atom. The van der Waals surface area contributed by atoms with E-state index in [0.717, 1.165) is 21.3 Å². The molecule has 0 saturated heterocycles. The minimum atomic E-state index is -0.232. The van der Waals surface area contributed by atoms with Crippen LogP contribution >= 0.6 is 27.7 Å². The first kappa shape index (κ1) is 25.5. The number of carbonyl (C=O) groups is 2. The number of amides is 2. The van der Waals surface area contributed by atoms with Gasteiger partial charge in [0, 0.05) is 22.3 Å². The fourth-order valence-corrected chi connectivity index (χ4v) is 4.74. The van der Waals surface area contributed by atoms with Crippen LogP contribution in [0.5, 0.6) is 5.75 Å². The number of nitrogens with one attached hydrogen (secondary N) is 2. The largest absolute Gasteiger partial charge is 0.497 e. The van der Waals surface area contributed by atoms with Crippen LogP contribution in [0.3, 0.4) is 0 Å². The van der Waals surface area contributed by atoms with Gasteiger partial charge in [0.2, 0.25) is 5.91 Å². The number of allylic oxidation sites excluding steroid dienone is 1. The van der Waals surface area contributed by atoms with E-state index in [1.807, 2.05) is 30.5 Å². The Morgan fingerprint density at radius 2 is 1.85 bits per heavy atom. The molecule has 3 aromatic rings. The number of benzene rings is 2. The van der Waals surface area contributed by atoms with Crippen LogP contribution in [0.1, 0.15) is 27.3 Å². The van der Waals surface area contributed by atoms with Gasteiger partial charge in [-0.15, -0.1) is 16.8 Å². The molecule has 0 spiro atoms. The smallest absolute Gasteiger partial charge is 0.251 e. The summed E-state index contributed by atoms with van der Waals surface area (Å²) in [6.45, 7) is 8.33. The summed E-state index contributed by atoms with van der Waals surface area (Å²) in [5.41, 5.74) is 3.29. The maximum atomic E-state index is 12.6. The van der Waals surface area contributed by atoms with Crippen LogP contribution < -0.4 is 15.4 Å². The molecule has 3 rings (SSSR count). The molecular formula is C24H26BrN5O3S. The second kappa shape index (κ2) is 11.8. The highest BCUT2D eigenvalue weighted by Gasteiger charge is 2.16. The molecule has 0 aliphatic carbocycles. The zero-order chi connectivity index (χ0) is 24.7. The molecule has 2 N–H and O–H groups in total. The van der Waals surface area contributed by atoms with Gasteiger partial charge in [-0.05, 0) is 61.4 Å². The molecule has 178 valence electrons. The summed E-state index contributed by atoms with van der Waals surface area (Å²) in [6.07, 6.45) is 1.72. The normalized spacial score (nSPS) is 10.6. The number of hydrogen-bond donors (Lipinski definition) is 2. The molecule has 8 nitrogen and oxygen atoms in total. The van der Waals surface area contributed by atoms with Crippen LogP contribution in [0.25, 0.3) is 0 Å². The number of ether oxygens (including phenoxy) is 1. The predicted molar refractivity (Wildman–Crippen MR) is 137 cm³/mol. The number of hydrogen-bond acceptors (Lipinski definition) is 6. The SMILES string of the molecule is C=CCn1c(CNC(=O)c2ccc(OC)cc2)nnc1SCC(=O)Nc1c(C)cc(Br)cc1C. The molecule has 0 radical (unpaired) electrons. The van der Waals surface area contributed by atoms with Crippen molar-refractivity contribution >= 4 is 45.2 Å². The maximum Gasteiger partial charge on any atom is 0.251 e. The van der Waals surface area contributed by atoms with Crippen molar-refractivity contribution in [3.63, 3.8) is 0 Å². The minimum Gasteiger partial charge on any atom is -0.497 e. The standard InChI is InChI=1S/C24H26BrN5O3S/c1-5-10-30-20(13-26-23(32)17-6-8-19(33-4)9-7-17)28-29-24(30)34-14-21(31)27-22-15(2)11-18(25)12-16(22)3/h5-9,11-12H,1,10,13-14H2,2-4H3,(H,26,32)(H,27,31). The number of aromatic nitrogens is 3. The molecule has 10 heteroatoms. The van der Waals surface area contributed by atoms with E-state index >= 15 is 0 Å². The Morgan fingerprint density at radius 3 is 2.47 bits per heavy atom. The van der Waals surface area contributed by atoms with Gasteiger partial charge in [-0.2, -0.15) is 0 Å². The number of aryl methyl sites for hydroxylation is 2. The van der Waals surface area contributed by atoms with Gasteiger partial charge in [-0.25, -0.2) is 0 Å². The molecule has 1 heterocycles. The number of carbonyl (C=O) groups excluding carboxylic acids is 2. The Bertz CT molecular complexity index is 1170. The third-order valence-corrected chi connectivity index (χ3v) is 6.38. The molecule has 34 heavy (non-hydrogen) atoms. The quantitative estimate of drug-likeness (QED) is 0.288. The second-order valence-electron chi connectivity index (χ2n) is 7.46.